The van der Waals surface area contributed by atoms with Crippen LogP contribution in [0.4, 0.5) is 0 Å². The van der Waals surface area contributed by atoms with Gasteiger partial charge in [0.25, 0.3) is 0 Å². The van der Waals surface area contributed by atoms with Crippen molar-refractivity contribution in [2.75, 3.05) is 0 Å². The van der Waals surface area contributed by atoms with Crippen LogP contribution in [0.1, 0.15) is 22.3 Å². The van der Waals surface area contributed by atoms with Crippen molar-refractivity contribution in [1.82, 2.24) is 0 Å². The second kappa shape index (κ2) is 6.21. The van der Waals surface area contributed by atoms with Crippen LogP contribution in [0.5, 0.6) is 0 Å². The maximum absolute atomic E-state index is 2.31. The van der Waals surface area contributed by atoms with Crippen molar-refractivity contribution in [3.05, 3.63) is 82.9 Å². The minimum Gasteiger partial charge on any atom is -0.123 e. The molecule has 0 aliphatic rings. The Hall–Kier alpha value is -2.30. The van der Waals surface area contributed by atoms with Crippen LogP contribution in [0.25, 0.3) is 32.5 Å². The Bertz CT molecular complexity index is 1040. The van der Waals surface area contributed by atoms with Gasteiger partial charge in [-0.05, 0) is 60.5 Å². The van der Waals surface area contributed by atoms with Gasteiger partial charge in [0.05, 0.1) is 0 Å². The van der Waals surface area contributed by atoms with Crippen LogP contribution in [0.15, 0.2) is 60.7 Å². The smallest absolute Gasteiger partial charge is 0.00725 e. The highest BCUT2D eigenvalue weighted by atomic mass is 31.0. The minimum absolute atomic E-state index is 0.721. The zero-order chi connectivity index (χ0) is 17.6. The van der Waals surface area contributed by atoms with Gasteiger partial charge in [0, 0.05) is 10.9 Å². The first-order chi connectivity index (χ1) is 12.0. The molecule has 0 nitrogen and oxygen atoms in total. The Morgan fingerprint density at radius 3 is 1.96 bits per heavy atom. The van der Waals surface area contributed by atoms with Crippen LogP contribution in [-0.4, -0.2) is 0 Å². The van der Waals surface area contributed by atoms with Gasteiger partial charge in [0.1, 0.15) is 0 Å². The summed E-state index contributed by atoms with van der Waals surface area (Å²) in [6.07, 6.45) is 0. The van der Waals surface area contributed by atoms with E-state index in [1.165, 1.54) is 54.7 Å². The molecule has 124 valence electrons. The summed E-state index contributed by atoms with van der Waals surface area (Å²) >= 11 is 0. The Labute approximate surface area is 151 Å². The number of hydrogen-bond donors (Lipinski definition) is 0. The van der Waals surface area contributed by atoms with Crippen LogP contribution in [0.2, 0.25) is 0 Å². The van der Waals surface area contributed by atoms with Gasteiger partial charge in [-0.15, -0.1) is 8.19 Å². The molecular formula is C24H23P. The summed E-state index contributed by atoms with van der Waals surface area (Å²) in [5.74, 6) is 0. The van der Waals surface area contributed by atoms with Gasteiger partial charge in [-0.1, -0.05) is 71.8 Å². The molecule has 1 aromatic heterocycles. The quantitative estimate of drug-likeness (QED) is 0.355. The van der Waals surface area contributed by atoms with Crippen molar-refractivity contribution in [2.45, 2.75) is 27.7 Å². The van der Waals surface area contributed by atoms with Crippen molar-refractivity contribution in [3.8, 4) is 22.0 Å². The predicted molar refractivity (Wildman–Crippen MR) is 113 cm³/mol. The Kier molecular flexibility index (Phi) is 4.02. The molecule has 1 heteroatoms. The van der Waals surface area contributed by atoms with E-state index >= 15 is 0 Å². The molecular weight excluding hydrogens is 319 g/mol. The monoisotopic (exact) mass is 342 g/mol. The van der Waals surface area contributed by atoms with E-state index in [2.05, 4.69) is 88.4 Å². The molecule has 1 unspecified atom stereocenters. The Morgan fingerprint density at radius 1 is 0.640 bits per heavy atom. The van der Waals surface area contributed by atoms with E-state index in [1.54, 1.807) is 0 Å². The topological polar surface area (TPSA) is 0 Å². The lowest BCUT2D eigenvalue weighted by atomic mass is 9.90. The van der Waals surface area contributed by atoms with Gasteiger partial charge in [0.15, 0.2) is 0 Å². The normalized spacial score (nSPS) is 11.5. The van der Waals surface area contributed by atoms with Gasteiger partial charge < -0.3 is 0 Å². The summed E-state index contributed by atoms with van der Waals surface area (Å²) in [7, 11) is 0.721. The number of hydrogen-bond acceptors (Lipinski definition) is 0. The molecule has 4 aromatic rings. The van der Waals surface area contributed by atoms with E-state index in [0.717, 1.165) is 8.19 Å². The molecule has 0 fully saturated rings. The lowest BCUT2D eigenvalue weighted by molar-refractivity contribution is 1.33. The number of rotatable bonds is 2. The first-order valence-corrected chi connectivity index (χ1v) is 9.80. The predicted octanol–water partition coefficient (Wildman–Crippen LogP) is 7.44. The molecule has 0 spiro atoms. The second-order valence-electron chi connectivity index (χ2n) is 7.06. The number of fused-ring (bicyclic) bond motifs is 1. The lowest BCUT2D eigenvalue weighted by Gasteiger charge is -2.14. The molecule has 4 rings (SSSR count). The molecule has 0 aliphatic heterocycles. The van der Waals surface area contributed by atoms with Crippen LogP contribution in [0.3, 0.4) is 0 Å². The maximum Gasteiger partial charge on any atom is 0.00725 e. The fraction of sp³-hybridized carbons (Fsp3) is 0.167. The fourth-order valence-corrected chi connectivity index (χ4v) is 5.40. The molecule has 0 radical (unpaired) electrons. The average molecular weight is 342 g/mol. The van der Waals surface area contributed by atoms with Crippen LogP contribution in [0, 0.1) is 27.7 Å². The molecule has 1 heterocycles. The maximum atomic E-state index is 2.31. The average Bonchev–Trinajstić information content (AvgIpc) is 2.94. The van der Waals surface area contributed by atoms with E-state index < -0.39 is 0 Å². The first-order valence-electron chi connectivity index (χ1n) is 8.80. The summed E-state index contributed by atoms with van der Waals surface area (Å²) in [5.41, 5.74) is 9.61. The highest BCUT2D eigenvalue weighted by Crippen LogP contribution is 2.49. The van der Waals surface area contributed by atoms with Gasteiger partial charge in [-0.2, -0.15) is 0 Å². The third-order valence-electron chi connectivity index (χ3n) is 4.97. The molecule has 0 saturated heterocycles. The zero-order valence-electron chi connectivity index (χ0n) is 15.3. The first kappa shape index (κ1) is 16.2. The van der Waals surface area contributed by atoms with Crippen molar-refractivity contribution in [2.24, 2.45) is 0 Å². The summed E-state index contributed by atoms with van der Waals surface area (Å²) in [6.45, 7) is 8.83. The van der Waals surface area contributed by atoms with Gasteiger partial charge in [-0.25, -0.2) is 0 Å². The van der Waals surface area contributed by atoms with E-state index in [0.29, 0.717) is 0 Å². The van der Waals surface area contributed by atoms with Gasteiger partial charge in [-0.3, -0.25) is 0 Å². The number of benzene rings is 3. The Balaban J connectivity index is 2.09. The van der Waals surface area contributed by atoms with Crippen LogP contribution >= 0.6 is 8.19 Å². The van der Waals surface area contributed by atoms with Gasteiger partial charge in [0.2, 0.25) is 0 Å². The summed E-state index contributed by atoms with van der Waals surface area (Å²) in [6, 6.07) is 22.5. The molecule has 25 heavy (non-hydrogen) atoms. The standard InChI is InChI=1S/C24H23P/c1-15-9-11-19(12-10-15)24-23(20-7-5-6-8-21(20)25-24)22-17(3)13-16(2)14-18(22)4/h5-14,25H,1-4H3. The SMILES string of the molecule is Cc1ccc(-c2[pH]c3ccccc3c2-c2c(C)cc(C)cc2C)cc1. The molecule has 0 N–H and O–H groups in total. The third-order valence-corrected chi connectivity index (χ3v) is 6.47. The number of aryl methyl sites for hydroxylation is 4. The Morgan fingerprint density at radius 2 is 1.28 bits per heavy atom. The highest BCUT2D eigenvalue weighted by Gasteiger charge is 2.17. The minimum atomic E-state index is 0.721. The van der Waals surface area contributed by atoms with Gasteiger partial charge >= 0.3 is 0 Å². The lowest BCUT2D eigenvalue weighted by Crippen LogP contribution is -1.91. The van der Waals surface area contributed by atoms with Crippen molar-refractivity contribution in [3.63, 3.8) is 0 Å². The summed E-state index contributed by atoms with van der Waals surface area (Å²) < 4.78 is 0. The highest BCUT2D eigenvalue weighted by molar-refractivity contribution is 7.41. The molecule has 0 saturated carbocycles. The molecule has 1 atom stereocenters. The second-order valence-corrected chi connectivity index (χ2v) is 8.35. The largest absolute Gasteiger partial charge is 0.123 e. The third kappa shape index (κ3) is 2.81. The molecule has 0 aliphatic carbocycles. The fourth-order valence-electron chi connectivity index (χ4n) is 3.91. The van der Waals surface area contributed by atoms with Crippen LogP contribution in [-0.2, 0) is 0 Å². The van der Waals surface area contributed by atoms with E-state index in [-0.39, 0.29) is 0 Å². The molecule has 0 bridgehead atoms. The van der Waals surface area contributed by atoms with Crippen molar-refractivity contribution < 1.29 is 0 Å². The van der Waals surface area contributed by atoms with Crippen LogP contribution < -0.4 is 0 Å². The summed E-state index contributed by atoms with van der Waals surface area (Å²) in [4.78, 5) is 0. The van der Waals surface area contributed by atoms with Crippen molar-refractivity contribution in [1.29, 1.82) is 0 Å². The van der Waals surface area contributed by atoms with E-state index in [1.807, 2.05) is 0 Å². The van der Waals surface area contributed by atoms with E-state index in [9.17, 15) is 0 Å². The van der Waals surface area contributed by atoms with Crippen molar-refractivity contribution >= 4 is 18.7 Å². The molecule has 0 amide bonds. The van der Waals surface area contributed by atoms with E-state index in [4.69, 9.17) is 0 Å². The summed E-state index contributed by atoms with van der Waals surface area (Å²) in [5, 5.41) is 4.36. The molecule has 3 aromatic carbocycles. The zero-order valence-corrected chi connectivity index (χ0v) is 16.3.